The number of aliphatic hydroxyl groups is 1. The molecule has 0 aliphatic carbocycles. The number of alkyl halides is 1. The molecule has 3 nitrogen and oxygen atoms in total. The summed E-state index contributed by atoms with van der Waals surface area (Å²) in [6, 6.07) is 4.58. The van der Waals surface area contributed by atoms with Crippen molar-refractivity contribution in [1.82, 2.24) is 0 Å². The van der Waals surface area contributed by atoms with Gasteiger partial charge in [-0.05, 0) is 37.0 Å². The molecule has 6 heteroatoms. The minimum atomic E-state index is -1.33. The third-order valence-corrected chi connectivity index (χ3v) is 2.95. The molecule has 0 aliphatic rings. The average molecular weight is 343 g/mol. The maximum Gasteiger partial charge on any atom is 1.00 e. The summed E-state index contributed by atoms with van der Waals surface area (Å²) in [5.41, 5.74) is 0.277. The molecule has 1 N–H and O–H groups in total. The van der Waals surface area contributed by atoms with Gasteiger partial charge in [-0.25, -0.2) is 0 Å². The Morgan fingerprint density at radius 3 is 2.67 bits per heavy atom. The number of benzene rings is 1. The number of rotatable bonds is 6. The Kier molecular flexibility index (Phi) is 9.95. The van der Waals surface area contributed by atoms with Gasteiger partial charge in [-0.1, -0.05) is 22.0 Å². The van der Waals surface area contributed by atoms with Crippen LogP contribution in [0.3, 0.4) is 0 Å². The van der Waals surface area contributed by atoms with Crippen LogP contribution < -0.4 is 56.5 Å². The van der Waals surface area contributed by atoms with Crippen molar-refractivity contribution in [3.63, 3.8) is 0 Å². The number of hydrogen-bond donors (Lipinski definition) is 1. The van der Waals surface area contributed by atoms with Crippen LogP contribution in [0.15, 0.2) is 22.7 Å². The summed E-state index contributed by atoms with van der Waals surface area (Å²) in [4.78, 5) is 10.9. The topological polar surface area (TPSA) is 60.4 Å². The van der Waals surface area contributed by atoms with Crippen molar-refractivity contribution in [2.75, 3.05) is 6.67 Å². The molecule has 0 saturated heterocycles. The first-order chi connectivity index (χ1) is 8.06. The van der Waals surface area contributed by atoms with Gasteiger partial charge in [0.05, 0.1) is 18.7 Å². The number of aromatic carboxylic acids is 1. The van der Waals surface area contributed by atoms with Crippen molar-refractivity contribution < 1.29 is 70.8 Å². The predicted octanol–water partition coefficient (Wildman–Crippen LogP) is -1.01. The quantitative estimate of drug-likeness (QED) is 0.532. The van der Waals surface area contributed by atoms with Crippen molar-refractivity contribution >= 4 is 21.9 Å². The predicted molar refractivity (Wildman–Crippen MR) is 63.3 cm³/mol. The van der Waals surface area contributed by atoms with Crippen LogP contribution in [0.2, 0.25) is 0 Å². The molecule has 0 spiro atoms. The van der Waals surface area contributed by atoms with Gasteiger partial charge in [-0.15, -0.1) is 0 Å². The molecule has 1 aromatic carbocycles. The molecule has 0 amide bonds. The maximum atomic E-state index is 11.9. The van der Waals surface area contributed by atoms with E-state index in [0.29, 0.717) is 29.3 Å². The van der Waals surface area contributed by atoms with Crippen LogP contribution in [0.4, 0.5) is 4.39 Å². The first-order valence-electron chi connectivity index (χ1n) is 5.31. The van der Waals surface area contributed by atoms with E-state index < -0.39 is 18.7 Å². The summed E-state index contributed by atoms with van der Waals surface area (Å²) in [7, 11) is 0. The van der Waals surface area contributed by atoms with E-state index in [2.05, 4.69) is 15.9 Å². The van der Waals surface area contributed by atoms with Crippen LogP contribution in [0.1, 0.15) is 41.3 Å². The molecule has 1 atom stereocenters. The molecule has 0 fully saturated rings. The monoisotopic (exact) mass is 342 g/mol. The third kappa shape index (κ3) is 5.77. The van der Waals surface area contributed by atoms with Crippen molar-refractivity contribution in [2.24, 2.45) is 0 Å². The van der Waals surface area contributed by atoms with Gasteiger partial charge in [0, 0.05) is 10.0 Å². The van der Waals surface area contributed by atoms with Gasteiger partial charge in [-0.2, -0.15) is 0 Å². The zero-order chi connectivity index (χ0) is 12.8. The second kappa shape index (κ2) is 9.58. The Labute approximate surface area is 156 Å². The molecule has 0 aliphatic heterocycles. The maximum absolute atomic E-state index is 11.9. The van der Waals surface area contributed by atoms with Crippen molar-refractivity contribution in [3.05, 3.63) is 33.8 Å². The van der Waals surface area contributed by atoms with Gasteiger partial charge >= 0.3 is 51.4 Å². The summed E-state index contributed by atoms with van der Waals surface area (Å²) in [5.74, 6) is -1.33. The number of carbonyl (C=O) groups excluding carboxylic acids is 1. The number of hydrogen-bond acceptors (Lipinski definition) is 3. The Balaban J connectivity index is 0.00000289. The molecule has 18 heavy (non-hydrogen) atoms. The molecule has 0 radical (unpaired) electrons. The molecular formula is C12H13BrFKO3. The normalized spacial score (nSPS) is 11.7. The number of carbonyl (C=O) groups is 1. The molecule has 1 unspecified atom stereocenters. The van der Waals surface area contributed by atoms with Crippen molar-refractivity contribution in [2.45, 2.75) is 25.4 Å². The van der Waals surface area contributed by atoms with E-state index in [1.807, 2.05) is 0 Å². The van der Waals surface area contributed by atoms with Gasteiger partial charge in [-0.3, -0.25) is 4.39 Å². The van der Waals surface area contributed by atoms with E-state index in [1.165, 1.54) is 12.1 Å². The van der Waals surface area contributed by atoms with Crippen molar-refractivity contribution in [3.8, 4) is 0 Å². The number of carboxylic acids is 1. The molecular weight excluding hydrogens is 330 g/mol. The molecule has 0 bridgehead atoms. The summed E-state index contributed by atoms with van der Waals surface area (Å²) in [5, 5.41) is 20.7. The smallest absolute Gasteiger partial charge is 0.545 e. The Morgan fingerprint density at radius 2 is 2.11 bits per heavy atom. The van der Waals surface area contributed by atoms with E-state index in [1.54, 1.807) is 6.07 Å². The number of carboxylic acid groups (broad SMARTS) is 1. The van der Waals surface area contributed by atoms with Crippen LogP contribution in [-0.2, 0) is 0 Å². The SMILES string of the molecule is O=C([O-])c1cc(Br)ccc1C(O)CCCCF.[K+]. The van der Waals surface area contributed by atoms with Gasteiger partial charge in [0.25, 0.3) is 0 Å². The fourth-order valence-electron chi connectivity index (χ4n) is 1.58. The average Bonchev–Trinajstić information content (AvgIpc) is 2.29. The molecule has 1 aromatic rings. The van der Waals surface area contributed by atoms with E-state index in [-0.39, 0.29) is 56.9 Å². The summed E-state index contributed by atoms with van der Waals surface area (Å²) < 4.78 is 12.5. The standard InChI is InChI=1S/C12H14BrFO3.K/c13-8-4-5-9(10(7-8)12(16)17)11(15)3-1-2-6-14;/h4-5,7,11,15H,1-3,6H2,(H,16,17);/q;+1/p-1. The molecule has 0 heterocycles. The van der Waals surface area contributed by atoms with Gasteiger partial charge in [0.1, 0.15) is 0 Å². The Hall–Kier alpha value is 0.696. The zero-order valence-corrected chi connectivity index (χ0v) is 14.9. The van der Waals surface area contributed by atoms with Crippen LogP contribution in [-0.4, -0.2) is 17.8 Å². The van der Waals surface area contributed by atoms with Crippen molar-refractivity contribution in [1.29, 1.82) is 0 Å². The number of unbranched alkanes of at least 4 members (excludes halogenated alkanes) is 1. The molecule has 94 valence electrons. The second-order valence-corrected chi connectivity index (χ2v) is 4.64. The molecule has 0 saturated carbocycles. The van der Waals surface area contributed by atoms with E-state index in [0.717, 1.165) is 0 Å². The minimum absolute atomic E-state index is 0. The minimum Gasteiger partial charge on any atom is -0.545 e. The fraction of sp³-hybridized carbons (Fsp3) is 0.417. The van der Waals surface area contributed by atoms with E-state index in [4.69, 9.17) is 0 Å². The van der Waals surface area contributed by atoms with Gasteiger partial charge in [0.15, 0.2) is 0 Å². The van der Waals surface area contributed by atoms with E-state index >= 15 is 0 Å². The first kappa shape index (κ1) is 18.7. The number of aliphatic hydroxyl groups excluding tert-OH is 1. The van der Waals surface area contributed by atoms with Gasteiger partial charge < -0.3 is 15.0 Å². The first-order valence-corrected chi connectivity index (χ1v) is 6.10. The van der Waals surface area contributed by atoms with Crippen LogP contribution >= 0.6 is 15.9 Å². The van der Waals surface area contributed by atoms with Crippen LogP contribution in [0.5, 0.6) is 0 Å². The fourth-order valence-corrected chi connectivity index (χ4v) is 1.94. The number of halogens is 2. The summed E-state index contributed by atoms with van der Waals surface area (Å²) >= 11 is 3.16. The largest absolute Gasteiger partial charge is 1.00 e. The van der Waals surface area contributed by atoms with Gasteiger partial charge in [0.2, 0.25) is 0 Å². The Bertz CT molecular complexity index is 401. The molecule has 0 aromatic heterocycles. The van der Waals surface area contributed by atoms with E-state index in [9.17, 15) is 19.4 Å². The second-order valence-electron chi connectivity index (χ2n) is 3.72. The third-order valence-electron chi connectivity index (χ3n) is 2.46. The van der Waals surface area contributed by atoms with Crippen LogP contribution in [0, 0.1) is 0 Å². The molecule has 1 rings (SSSR count). The van der Waals surface area contributed by atoms with Crippen LogP contribution in [0.25, 0.3) is 0 Å². The zero-order valence-electron chi connectivity index (χ0n) is 10.2. The summed E-state index contributed by atoms with van der Waals surface area (Å²) in [6.07, 6.45) is 0.322. The Morgan fingerprint density at radius 1 is 1.44 bits per heavy atom. The summed E-state index contributed by atoms with van der Waals surface area (Å²) in [6.45, 7) is -0.430.